The molecule has 2 N–H and O–H groups in total. The summed E-state index contributed by atoms with van der Waals surface area (Å²) in [6, 6.07) is 5.76. The first-order valence-electron chi connectivity index (χ1n) is 12.8. The molecule has 6 rings (SSSR count). The van der Waals surface area contributed by atoms with Crippen molar-refractivity contribution < 1.29 is 23.0 Å². The van der Waals surface area contributed by atoms with Crippen molar-refractivity contribution in [1.82, 2.24) is 20.3 Å². The van der Waals surface area contributed by atoms with Gasteiger partial charge in [0.25, 0.3) is 0 Å². The summed E-state index contributed by atoms with van der Waals surface area (Å²) >= 11 is 0. The van der Waals surface area contributed by atoms with E-state index in [9.17, 15) is 13.9 Å². The molecule has 2 saturated heterocycles. The molecule has 2 atom stereocenters. The zero-order valence-corrected chi connectivity index (χ0v) is 21.6. The molecule has 4 heterocycles. The number of methoxy groups -OCH3 is 1. The van der Waals surface area contributed by atoms with Gasteiger partial charge in [0, 0.05) is 42.5 Å². The van der Waals surface area contributed by atoms with Gasteiger partial charge in [-0.05, 0) is 42.3 Å². The average molecular weight is 544 g/mol. The highest BCUT2D eigenvalue weighted by atomic mass is 19.1. The van der Waals surface area contributed by atoms with Crippen molar-refractivity contribution in [2.24, 2.45) is 0 Å². The summed E-state index contributed by atoms with van der Waals surface area (Å²) in [5, 5.41) is 14.9. The van der Waals surface area contributed by atoms with E-state index in [0.29, 0.717) is 24.3 Å². The summed E-state index contributed by atoms with van der Waals surface area (Å²) in [4.78, 5) is 15.5. The Bertz CT molecular complexity index is 1760. The van der Waals surface area contributed by atoms with E-state index in [2.05, 4.69) is 38.0 Å². The summed E-state index contributed by atoms with van der Waals surface area (Å²) in [5.74, 6) is 6.65. The van der Waals surface area contributed by atoms with Gasteiger partial charge in [-0.2, -0.15) is 9.97 Å². The minimum Gasteiger partial charge on any atom is -0.508 e. The highest BCUT2D eigenvalue weighted by Crippen LogP contribution is 2.40. The molecule has 40 heavy (non-hydrogen) atoms. The van der Waals surface area contributed by atoms with Gasteiger partial charge in [0.2, 0.25) is 0 Å². The topological polar surface area (TPSA) is 83.4 Å². The number of anilines is 1. The Hall–Kier alpha value is -4.54. The number of alkyl halides is 1. The molecule has 202 valence electrons. The molecule has 2 fully saturated rings. The third-order valence-electron chi connectivity index (χ3n) is 7.32. The number of rotatable bonds is 4. The first kappa shape index (κ1) is 25.7. The number of hydrogen-bond acceptors (Lipinski definition) is 7. The van der Waals surface area contributed by atoms with Gasteiger partial charge in [0.1, 0.15) is 41.0 Å². The van der Waals surface area contributed by atoms with Crippen LogP contribution in [0.5, 0.6) is 11.8 Å². The van der Waals surface area contributed by atoms with Gasteiger partial charge in [0.05, 0.1) is 18.1 Å². The minimum absolute atomic E-state index is 0.0526. The Morgan fingerprint density at radius 3 is 2.60 bits per heavy atom. The number of phenols is 1. The first-order valence-corrected chi connectivity index (χ1v) is 12.8. The lowest BCUT2D eigenvalue weighted by atomic mass is 9.95. The molecule has 2 aromatic heterocycles. The van der Waals surface area contributed by atoms with Crippen molar-refractivity contribution in [3.63, 3.8) is 0 Å². The second-order valence-electron chi connectivity index (χ2n) is 9.82. The third-order valence-corrected chi connectivity index (χ3v) is 7.32. The van der Waals surface area contributed by atoms with Gasteiger partial charge in [-0.15, -0.1) is 6.42 Å². The number of nitrogens with one attached hydrogen (secondary N) is 1. The van der Waals surface area contributed by atoms with Crippen LogP contribution in [0.25, 0.3) is 32.9 Å². The zero-order valence-electron chi connectivity index (χ0n) is 21.6. The van der Waals surface area contributed by atoms with E-state index in [1.54, 1.807) is 0 Å². The lowest BCUT2D eigenvalue weighted by molar-refractivity contribution is 0.380. The van der Waals surface area contributed by atoms with Crippen molar-refractivity contribution in [1.29, 1.82) is 0 Å². The number of aromatic nitrogens is 3. The highest BCUT2D eigenvalue weighted by molar-refractivity contribution is 6.04. The van der Waals surface area contributed by atoms with Crippen LogP contribution in [0.15, 0.2) is 24.3 Å². The fourth-order valence-corrected chi connectivity index (χ4v) is 5.64. The normalized spacial score (nSPS) is 18.0. The van der Waals surface area contributed by atoms with Crippen molar-refractivity contribution in [3.05, 3.63) is 47.2 Å². The second-order valence-corrected chi connectivity index (χ2v) is 9.82. The SMILES string of the molecule is C#Cc1c(F)ccc2cc(O)cc(-c3nc(C#CCCF)c4c(N5CC6CCC(C5)N6)nc(OC)nc4c3F)c12. The van der Waals surface area contributed by atoms with E-state index in [0.717, 1.165) is 12.8 Å². The molecule has 2 bridgehead atoms. The van der Waals surface area contributed by atoms with Crippen molar-refractivity contribution in [2.45, 2.75) is 31.3 Å². The number of halogens is 3. The number of nitrogens with zero attached hydrogens (tertiary/aromatic N) is 4. The highest BCUT2D eigenvalue weighted by Gasteiger charge is 2.35. The van der Waals surface area contributed by atoms with Crippen LogP contribution < -0.4 is 15.0 Å². The van der Waals surface area contributed by atoms with Crippen LogP contribution in [0.2, 0.25) is 0 Å². The predicted molar refractivity (Wildman–Crippen MR) is 146 cm³/mol. The molecule has 7 nitrogen and oxygen atoms in total. The molecule has 0 saturated carbocycles. The number of fused-ring (bicyclic) bond motifs is 4. The number of phenolic OH excluding ortho intramolecular Hbond substituents is 1. The number of pyridine rings is 1. The van der Waals surface area contributed by atoms with Crippen molar-refractivity contribution in [2.75, 3.05) is 31.8 Å². The molecule has 4 aromatic rings. The van der Waals surface area contributed by atoms with Crippen molar-refractivity contribution in [3.8, 4) is 47.2 Å². The van der Waals surface area contributed by atoms with Crippen LogP contribution in [0.3, 0.4) is 0 Å². The fourth-order valence-electron chi connectivity index (χ4n) is 5.64. The Morgan fingerprint density at radius 2 is 1.90 bits per heavy atom. The van der Waals surface area contributed by atoms with E-state index in [1.165, 1.54) is 31.4 Å². The largest absolute Gasteiger partial charge is 0.508 e. The van der Waals surface area contributed by atoms with Crippen LogP contribution in [-0.2, 0) is 0 Å². The van der Waals surface area contributed by atoms with Crippen LogP contribution in [0, 0.1) is 35.8 Å². The van der Waals surface area contributed by atoms with Gasteiger partial charge >= 0.3 is 6.01 Å². The van der Waals surface area contributed by atoms with Crippen LogP contribution in [-0.4, -0.2) is 59.0 Å². The van der Waals surface area contributed by atoms with Gasteiger partial charge in [-0.1, -0.05) is 17.9 Å². The molecule has 2 aliphatic heterocycles. The number of aromatic hydroxyl groups is 1. The van der Waals surface area contributed by atoms with Gasteiger partial charge < -0.3 is 20.1 Å². The maximum atomic E-state index is 16.6. The monoisotopic (exact) mass is 543 g/mol. The quantitative estimate of drug-likeness (QED) is 0.368. The minimum atomic E-state index is -0.842. The van der Waals surface area contributed by atoms with E-state index < -0.39 is 18.3 Å². The first-order chi connectivity index (χ1) is 19.4. The molecule has 2 aromatic carbocycles. The molecular formula is C30H24F3N5O2. The van der Waals surface area contributed by atoms with E-state index in [1.807, 2.05) is 4.90 Å². The molecule has 0 aliphatic carbocycles. The standard InChI is InChI=1S/C30H24F3N5O2/c1-3-20-22(32)10-7-16-12-19(39)13-21(24(16)20)27-26(33)28-25(23(35-27)6-4-5-11-31)29(37-30(36-28)40-2)38-14-17-8-9-18(15-38)34-17/h1,7,10,12-13,17-18,34,39H,5,8-9,11,14-15H2,2H3. The maximum absolute atomic E-state index is 16.6. The zero-order chi connectivity index (χ0) is 28.0. The maximum Gasteiger partial charge on any atom is 0.318 e. The number of piperazine rings is 1. The van der Waals surface area contributed by atoms with Gasteiger partial charge in [-0.3, -0.25) is 4.39 Å². The number of ether oxygens (including phenoxy) is 1. The molecule has 2 aliphatic rings. The predicted octanol–water partition coefficient (Wildman–Crippen LogP) is 4.47. The van der Waals surface area contributed by atoms with E-state index in [4.69, 9.17) is 11.2 Å². The summed E-state index contributed by atoms with van der Waals surface area (Å²) in [5.41, 5.74) is -0.269. The average Bonchev–Trinajstić information content (AvgIpc) is 3.30. The second kappa shape index (κ2) is 10.2. The van der Waals surface area contributed by atoms with Gasteiger partial charge in [0.15, 0.2) is 5.82 Å². The summed E-state index contributed by atoms with van der Waals surface area (Å²) in [6.45, 7) is 0.600. The van der Waals surface area contributed by atoms with Gasteiger partial charge in [-0.25, -0.2) is 13.8 Å². The van der Waals surface area contributed by atoms with Crippen LogP contribution in [0.1, 0.15) is 30.5 Å². The number of terminal acetylenes is 1. The summed E-state index contributed by atoms with van der Waals surface area (Å²) in [7, 11) is 1.39. The molecule has 0 spiro atoms. The molecule has 2 unspecified atom stereocenters. The Kier molecular flexibility index (Phi) is 6.57. The van der Waals surface area contributed by atoms with E-state index >= 15 is 4.39 Å². The smallest absolute Gasteiger partial charge is 0.318 e. The lowest BCUT2D eigenvalue weighted by Crippen LogP contribution is -2.51. The summed E-state index contributed by atoms with van der Waals surface area (Å²) in [6.07, 6.45) is 7.61. The molecule has 0 amide bonds. The number of benzene rings is 2. The summed E-state index contributed by atoms with van der Waals surface area (Å²) < 4.78 is 49.7. The molecule has 0 radical (unpaired) electrons. The Morgan fingerprint density at radius 1 is 1.12 bits per heavy atom. The molecular weight excluding hydrogens is 519 g/mol. The Balaban J connectivity index is 1.69. The Labute approximate surface area is 228 Å². The van der Waals surface area contributed by atoms with Crippen LogP contribution in [0.4, 0.5) is 19.0 Å². The third kappa shape index (κ3) is 4.31. The fraction of sp³-hybridized carbons (Fsp3) is 0.300. The van der Waals surface area contributed by atoms with Crippen LogP contribution >= 0.6 is 0 Å². The number of hydrogen-bond donors (Lipinski definition) is 2. The lowest BCUT2D eigenvalue weighted by Gasteiger charge is -2.34. The molecule has 10 heteroatoms. The van der Waals surface area contributed by atoms with Crippen molar-refractivity contribution >= 4 is 27.5 Å². The van der Waals surface area contributed by atoms with E-state index in [-0.39, 0.29) is 69.1 Å².